The third kappa shape index (κ3) is 8.32. The zero-order chi connectivity index (χ0) is 27.9. The quantitative estimate of drug-likeness (QED) is 0.433. The van der Waals surface area contributed by atoms with Crippen LogP contribution in [0.5, 0.6) is 0 Å². The monoisotopic (exact) mass is 541 g/mol. The average molecular weight is 542 g/mol. The topological polar surface area (TPSA) is 86.8 Å². The smallest absolute Gasteiger partial charge is 0.242 e. The second kappa shape index (κ2) is 13.3. The normalized spacial score (nSPS) is 15.1. The molecule has 0 heterocycles. The van der Waals surface area contributed by atoms with Crippen molar-refractivity contribution in [2.45, 2.75) is 91.3 Å². The summed E-state index contributed by atoms with van der Waals surface area (Å²) in [5.41, 5.74) is 4.74. The molecule has 208 valence electrons. The van der Waals surface area contributed by atoms with Gasteiger partial charge in [0.2, 0.25) is 21.8 Å². The van der Waals surface area contributed by atoms with Gasteiger partial charge in [0.1, 0.15) is 6.04 Å². The van der Waals surface area contributed by atoms with Crippen molar-refractivity contribution in [2.24, 2.45) is 0 Å². The average Bonchev–Trinajstić information content (AvgIpc) is 2.86. The number of carbonyl (C=O) groups excluding carboxylic acids is 2. The molecule has 1 fully saturated rings. The molecule has 0 saturated heterocycles. The first-order valence-electron chi connectivity index (χ1n) is 13.7. The molecular weight excluding hydrogens is 498 g/mol. The molecule has 2 amide bonds. The van der Waals surface area contributed by atoms with Crippen LogP contribution in [0.25, 0.3) is 0 Å². The maximum absolute atomic E-state index is 13.5. The van der Waals surface area contributed by atoms with Gasteiger partial charge in [0.25, 0.3) is 0 Å². The zero-order valence-electron chi connectivity index (χ0n) is 23.5. The van der Waals surface area contributed by atoms with Gasteiger partial charge in [-0.05, 0) is 75.8 Å². The van der Waals surface area contributed by atoms with Crippen molar-refractivity contribution in [1.29, 1.82) is 0 Å². The number of rotatable bonds is 11. The predicted molar refractivity (Wildman–Crippen MR) is 154 cm³/mol. The minimum absolute atomic E-state index is 0.134. The Balaban J connectivity index is 1.72. The second-order valence-corrected chi connectivity index (χ2v) is 12.6. The van der Waals surface area contributed by atoms with Crippen LogP contribution in [0, 0.1) is 20.8 Å². The molecule has 38 heavy (non-hydrogen) atoms. The van der Waals surface area contributed by atoms with Crippen LogP contribution in [0.15, 0.2) is 42.5 Å². The fourth-order valence-electron chi connectivity index (χ4n) is 5.04. The van der Waals surface area contributed by atoms with Gasteiger partial charge in [-0.15, -0.1) is 0 Å². The molecule has 2 aromatic carbocycles. The number of carbonyl (C=O) groups is 2. The van der Waals surface area contributed by atoms with E-state index in [4.69, 9.17) is 0 Å². The fourth-order valence-corrected chi connectivity index (χ4v) is 6.00. The van der Waals surface area contributed by atoms with Crippen LogP contribution < -0.4 is 9.62 Å². The highest BCUT2D eigenvalue weighted by Gasteiger charge is 2.28. The van der Waals surface area contributed by atoms with Gasteiger partial charge in [-0.3, -0.25) is 13.9 Å². The van der Waals surface area contributed by atoms with Crippen molar-refractivity contribution >= 4 is 27.5 Å². The SMILES string of the molecule is Cc1cccc(CN(C(=O)CCCN(c2ccc(C)c(C)c2)S(C)(=O)=O)[C@H](C)C(=O)NC2CCCCC2)c1. The van der Waals surface area contributed by atoms with Crippen molar-refractivity contribution in [3.05, 3.63) is 64.7 Å². The van der Waals surface area contributed by atoms with E-state index in [1.54, 1.807) is 17.9 Å². The lowest BCUT2D eigenvalue weighted by Crippen LogP contribution is -2.50. The lowest BCUT2D eigenvalue weighted by Gasteiger charge is -2.31. The highest BCUT2D eigenvalue weighted by molar-refractivity contribution is 7.92. The Morgan fingerprint density at radius 1 is 1.00 bits per heavy atom. The maximum Gasteiger partial charge on any atom is 0.242 e. The van der Waals surface area contributed by atoms with Gasteiger partial charge < -0.3 is 10.2 Å². The Bertz CT molecular complexity index is 1220. The summed E-state index contributed by atoms with van der Waals surface area (Å²) in [5, 5.41) is 3.16. The van der Waals surface area contributed by atoms with Crippen LogP contribution in [-0.4, -0.2) is 50.0 Å². The van der Waals surface area contributed by atoms with Gasteiger partial charge in [0.05, 0.1) is 11.9 Å². The Morgan fingerprint density at radius 3 is 2.34 bits per heavy atom. The number of nitrogens with zero attached hydrogens (tertiary/aromatic N) is 2. The third-order valence-electron chi connectivity index (χ3n) is 7.48. The predicted octanol–water partition coefficient (Wildman–Crippen LogP) is 5.02. The molecule has 0 bridgehead atoms. The Hall–Kier alpha value is -2.87. The molecule has 1 aliphatic carbocycles. The second-order valence-electron chi connectivity index (χ2n) is 10.7. The van der Waals surface area contributed by atoms with E-state index >= 15 is 0 Å². The molecule has 1 saturated carbocycles. The lowest BCUT2D eigenvalue weighted by atomic mass is 9.95. The van der Waals surface area contributed by atoms with Gasteiger partial charge in [-0.2, -0.15) is 0 Å². The van der Waals surface area contributed by atoms with Crippen LogP contribution >= 0.6 is 0 Å². The van der Waals surface area contributed by atoms with Crippen LogP contribution in [-0.2, 0) is 26.2 Å². The molecule has 1 aliphatic rings. The van der Waals surface area contributed by atoms with E-state index in [0.29, 0.717) is 18.7 Å². The van der Waals surface area contributed by atoms with Gasteiger partial charge in [0, 0.05) is 25.6 Å². The van der Waals surface area contributed by atoms with Crippen molar-refractivity contribution in [2.75, 3.05) is 17.1 Å². The van der Waals surface area contributed by atoms with Gasteiger partial charge in [0.15, 0.2) is 0 Å². The number of hydrogen-bond donors (Lipinski definition) is 1. The highest BCUT2D eigenvalue weighted by Crippen LogP contribution is 2.23. The van der Waals surface area contributed by atoms with Crippen LogP contribution in [0.2, 0.25) is 0 Å². The number of benzene rings is 2. The minimum atomic E-state index is -3.52. The molecule has 3 rings (SSSR count). The minimum Gasteiger partial charge on any atom is -0.352 e. The van der Waals surface area contributed by atoms with E-state index in [2.05, 4.69) is 5.32 Å². The molecule has 0 spiro atoms. The van der Waals surface area contributed by atoms with Gasteiger partial charge in [-0.1, -0.05) is 55.2 Å². The Morgan fingerprint density at radius 2 is 1.71 bits per heavy atom. The first-order valence-corrected chi connectivity index (χ1v) is 15.5. The molecule has 0 aromatic heterocycles. The number of anilines is 1. The molecule has 7 nitrogen and oxygen atoms in total. The summed E-state index contributed by atoms with van der Waals surface area (Å²) in [6, 6.07) is 13.0. The number of amides is 2. The van der Waals surface area contributed by atoms with Crippen LogP contribution in [0.3, 0.4) is 0 Å². The van der Waals surface area contributed by atoms with E-state index in [-0.39, 0.29) is 30.8 Å². The van der Waals surface area contributed by atoms with Crippen molar-refractivity contribution in [1.82, 2.24) is 10.2 Å². The number of nitrogens with one attached hydrogen (secondary N) is 1. The summed E-state index contributed by atoms with van der Waals surface area (Å²) in [6.45, 7) is 8.23. The molecule has 0 unspecified atom stereocenters. The molecule has 0 aliphatic heterocycles. The van der Waals surface area contributed by atoms with E-state index < -0.39 is 16.1 Å². The highest BCUT2D eigenvalue weighted by atomic mass is 32.2. The lowest BCUT2D eigenvalue weighted by molar-refractivity contribution is -0.141. The number of aryl methyl sites for hydroxylation is 3. The van der Waals surface area contributed by atoms with E-state index in [9.17, 15) is 18.0 Å². The Kier molecular flexibility index (Phi) is 10.4. The first kappa shape index (κ1) is 29.7. The number of hydrogen-bond acceptors (Lipinski definition) is 4. The summed E-state index contributed by atoms with van der Waals surface area (Å²) in [6.07, 6.45) is 7.06. The standard InChI is InChI=1S/C30H43N3O4S/c1-22-11-9-12-26(19-22)21-32(25(4)30(35)31-27-13-7-6-8-14-27)29(34)15-10-18-33(38(5,36)37)28-17-16-23(2)24(3)20-28/h9,11-12,16-17,19-20,25,27H,6-8,10,13-15,18,21H2,1-5H3,(H,31,35)/t25-/m1/s1. The third-order valence-corrected chi connectivity index (χ3v) is 8.68. The number of sulfonamides is 1. The zero-order valence-corrected chi connectivity index (χ0v) is 24.3. The molecule has 2 aromatic rings. The summed E-state index contributed by atoms with van der Waals surface area (Å²) in [4.78, 5) is 28.3. The summed E-state index contributed by atoms with van der Waals surface area (Å²) < 4.78 is 26.5. The van der Waals surface area contributed by atoms with Gasteiger partial charge >= 0.3 is 0 Å². The summed E-state index contributed by atoms with van der Waals surface area (Å²) in [5.74, 6) is -0.294. The van der Waals surface area contributed by atoms with E-state index in [1.807, 2.05) is 57.2 Å². The molecule has 1 atom stereocenters. The van der Waals surface area contributed by atoms with Gasteiger partial charge in [-0.25, -0.2) is 8.42 Å². The summed E-state index contributed by atoms with van der Waals surface area (Å²) >= 11 is 0. The molecule has 0 radical (unpaired) electrons. The fraction of sp³-hybridized carbons (Fsp3) is 0.533. The van der Waals surface area contributed by atoms with Crippen LogP contribution in [0.1, 0.15) is 74.1 Å². The Labute approximate surface area is 228 Å². The van der Waals surface area contributed by atoms with E-state index in [1.165, 1.54) is 17.0 Å². The van der Waals surface area contributed by atoms with Crippen molar-refractivity contribution in [3.63, 3.8) is 0 Å². The van der Waals surface area contributed by atoms with Crippen LogP contribution in [0.4, 0.5) is 5.69 Å². The van der Waals surface area contributed by atoms with Crippen molar-refractivity contribution < 1.29 is 18.0 Å². The molecule has 8 heteroatoms. The molecule has 1 N–H and O–H groups in total. The summed E-state index contributed by atoms with van der Waals surface area (Å²) in [7, 11) is -3.52. The maximum atomic E-state index is 13.5. The van der Waals surface area contributed by atoms with E-state index in [0.717, 1.165) is 47.9 Å². The largest absolute Gasteiger partial charge is 0.352 e. The van der Waals surface area contributed by atoms with Crippen molar-refractivity contribution in [3.8, 4) is 0 Å². The first-order chi connectivity index (χ1) is 18.0. The molecular formula is C30H43N3O4S.